The van der Waals surface area contributed by atoms with E-state index in [0.717, 1.165) is 79.1 Å². The van der Waals surface area contributed by atoms with Gasteiger partial charge in [0.2, 0.25) is 15.5 Å². The number of nitrogens with zero attached hydrogens (tertiary/aromatic N) is 1. The van der Waals surface area contributed by atoms with Gasteiger partial charge in [0.25, 0.3) is 0 Å². The van der Waals surface area contributed by atoms with Gasteiger partial charge in [0, 0.05) is 40.8 Å². The van der Waals surface area contributed by atoms with Crippen LogP contribution in [-0.2, 0) is 52.9 Å². The molecule has 0 saturated carbocycles. The molecule has 0 aliphatic carbocycles. The topological polar surface area (TPSA) is 152 Å². The molecular weight excluding hydrogens is 630 g/mol. The van der Waals surface area contributed by atoms with Gasteiger partial charge in [-0.05, 0) is 12.8 Å². The Hall–Kier alpha value is -2.25. The highest BCUT2D eigenvalue weighted by molar-refractivity contribution is 7.89. The summed E-state index contributed by atoms with van der Waals surface area (Å²) in [6.07, 6.45) is 10.9. The van der Waals surface area contributed by atoms with E-state index in [1.54, 1.807) is 0 Å². The smallest absolute Gasteiger partial charge is 0.303 e. The van der Waals surface area contributed by atoms with E-state index in [-0.39, 0.29) is 13.1 Å². The summed E-state index contributed by atoms with van der Waals surface area (Å²) in [4.78, 5) is 48.0. The normalized spacial score (nSPS) is 20.1. The van der Waals surface area contributed by atoms with Crippen LogP contribution < -0.4 is 0 Å². The van der Waals surface area contributed by atoms with Crippen LogP contribution in [0.15, 0.2) is 0 Å². The number of ether oxygens (including phenoxy) is 5. The molecule has 0 bridgehead atoms. The van der Waals surface area contributed by atoms with Crippen LogP contribution in [-0.4, -0.2) is 86.1 Å². The summed E-state index contributed by atoms with van der Waals surface area (Å²) in [5.41, 5.74) is -1.75. The average molecular weight is 692 g/mol. The van der Waals surface area contributed by atoms with Gasteiger partial charge in [-0.1, -0.05) is 104 Å². The number of esters is 4. The second-order valence-electron chi connectivity index (χ2n) is 12.5. The van der Waals surface area contributed by atoms with E-state index in [4.69, 9.17) is 23.7 Å². The minimum absolute atomic E-state index is 0.254. The van der Waals surface area contributed by atoms with Gasteiger partial charge in [-0.2, -0.15) is 4.31 Å². The first-order valence-electron chi connectivity index (χ1n) is 17.6. The first kappa shape index (κ1) is 42.8. The van der Waals surface area contributed by atoms with Crippen LogP contribution in [0.2, 0.25) is 0 Å². The van der Waals surface area contributed by atoms with Crippen LogP contribution in [0.3, 0.4) is 0 Å². The Morgan fingerprint density at radius 2 is 1.04 bits per heavy atom. The molecule has 1 fully saturated rings. The first-order chi connectivity index (χ1) is 22.3. The molecule has 0 radical (unpaired) electrons. The quantitative estimate of drug-likeness (QED) is 0.0598. The lowest BCUT2D eigenvalue weighted by Crippen LogP contribution is -2.48. The summed E-state index contributed by atoms with van der Waals surface area (Å²) in [7, 11) is -4.31. The summed E-state index contributed by atoms with van der Waals surface area (Å²) < 4.78 is 57.5. The highest BCUT2D eigenvalue weighted by Crippen LogP contribution is 2.35. The molecule has 0 N–H and O–H groups in total. The highest BCUT2D eigenvalue weighted by Gasteiger charge is 2.58. The lowest BCUT2D eigenvalue weighted by atomic mass is 10.1. The van der Waals surface area contributed by atoms with Crippen molar-refractivity contribution in [2.45, 2.75) is 174 Å². The summed E-state index contributed by atoms with van der Waals surface area (Å²) in [5, 5.41) is 0. The third kappa shape index (κ3) is 17.1. The van der Waals surface area contributed by atoms with Gasteiger partial charge in [-0.15, -0.1) is 0 Å². The van der Waals surface area contributed by atoms with E-state index in [2.05, 4.69) is 13.8 Å². The predicted octanol–water partition coefficient (Wildman–Crippen LogP) is 5.98. The number of sulfonamides is 1. The van der Waals surface area contributed by atoms with E-state index in [1.165, 1.54) is 42.8 Å². The fourth-order valence-corrected chi connectivity index (χ4v) is 7.68. The van der Waals surface area contributed by atoms with Crippen LogP contribution in [0.5, 0.6) is 0 Å². The van der Waals surface area contributed by atoms with Crippen molar-refractivity contribution in [2.24, 2.45) is 0 Å². The second-order valence-corrected chi connectivity index (χ2v) is 14.5. The molecule has 47 heavy (non-hydrogen) atoms. The predicted molar refractivity (Wildman–Crippen MR) is 178 cm³/mol. The molecule has 5 atom stereocenters. The van der Waals surface area contributed by atoms with Crippen LogP contribution in [0, 0.1) is 0 Å². The lowest BCUT2D eigenvalue weighted by Gasteiger charge is -2.28. The monoisotopic (exact) mass is 691 g/mol. The maximum Gasteiger partial charge on any atom is 0.303 e. The molecule has 12 nitrogen and oxygen atoms in total. The maximum absolute atomic E-state index is 14.4. The molecule has 1 rings (SSSR count). The molecule has 0 aromatic heterocycles. The van der Waals surface area contributed by atoms with Crippen molar-refractivity contribution in [3.05, 3.63) is 0 Å². The van der Waals surface area contributed by atoms with E-state index >= 15 is 0 Å². The van der Waals surface area contributed by atoms with Gasteiger partial charge in [-0.25, -0.2) is 8.42 Å². The number of hydrogen-bond donors (Lipinski definition) is 0. The summed E-state index contributed by atoms with van der Waals surface area (Å²) >= 11 is 0. The summed E-state index contributed by atoms with van der Waals surface area (Å²) in [5.74, 6) is -3.03. The molecular formula is C34H61NO11S. The van der Waals surface area contributed by atoms with E-state index in [9.17, 15) is 27.6 Å². The minimum Gasteiger partial charge on any atom is -0.462 e. The molecule has 274 valence electrons. The number of carbonyl (C=O) groups is 4. The summed E-state index contributed by atoms with van der Waals surface area (Å²) in [6, 6.07) is 0. The Morgan fingerprint density at radius 1 is 0.617 bits per heavy atom. The molecule has 13 heteroatoms. The number of hydrogen-bond acceptors (Lipinski definition) is 11. The largest absolute Gasteiger partial charge is 0.462 e. The van der Waals surface area contributed by atoms with Crippen LogP contribution in [0.25, 0.3) is 0 Å². The van der Waals surface area contributed by atoms with E-state index in [0.29, 0.717) is 12.8 Å². The zero-order chi connectivity index (χ0) is 35.2. The SMILES string of the molecule is CCCCCCCCCCN(CCCCCCCCCC)S(=O)(=O)[C@@H]1O[C@@H]([C@@H](COC(C)=O)OC(C)=O)[C@H](OC(C)=O)[C@H]1OC(C)=O. The van der Waals surface area contributed by atoms with Crippen LogP contribution in [0.1, 0.15) is 144 Å². The van der Waals surface area contributed by atoms with Crippen molar-refractivity contribution >= 4 is 33.9 Å². The maximum atomic E-state index is 14.4. The van der Waals surface area contributed by atoms with Crippen molar-refractivity contribution in [2.75, 3.05) is 19.7 Å². The van der Waals surface area contributed by atoms with Crippen molar-refractivity contribution in [3.63, 3.8) is 0 Å². The molecule has 0 aromatic carbocycles. The van der Waals surface area contributed by atoms with Crippen molar-refractivity contribution in [1.82, 2.24) is 4.31 Å². The minimum atomic E-state index is -4.31. The van der Waals surface area contributed by atoms with Crippen molar-refractivity contribution in [1.29, 1.82) is 0 Å². The highest BCUT2D eigenvalue weighted by atomic mass is 32.2. The molecule has 1 saturated heterocycles. The number of carbonyl (C=O) groups excluding carboxylic acids is 4. The van der Waals surface area contributed by atoms with Gasteiger partial charge in [-0.3, -0.25) is 19.2 Å². The second kappa shape index (κ2) is 24.0. The Labute approximate surface area is 283 Å². The molecule has 1 aliphatic rings. The number of unbranched alkanes of at least 4 members (excludes halogenated alkanes) is 14. The Kier molecular flexibility index (Phi) is 21.8. The fourth-order valence-electron chi connectivity index (χ4n) is 5.80. The van der Waals surface area contributed by atoms with Gasteiger partial charge in [0.15, 0.2) is 18.3 Å². The fraction of sp³-hybridized carbons (Fsp3) is 0.882. The van der Waals surface area contributed by atoms with Gasteiger partial charge in [0.1, 0.15) is 12.7 Å². The van der Waals surface area contributed by atoms with Gasteiger partial charge in [0.05, 0.1) is 0 Å². The van der Waals surface area contributed by atoms with E-state index < -0.39 is 70.4 Å². The van der Waals surface area contributed by atoms with Crippen LogP contribution >= 0.6 is 0 Å². The van der Waals surface area contributed by atoms with Gasteiger partial charge >= 0.3 is 23.9 Å². The Balaban J connectivity index is 3.27. The summed E-state index contributed by atoms with van der Waals surface area (Å²) in [6.45, 7) is 8.89. The Bertz CT molecular complexity index is 1020. The zero-order valence-corrected chi connectivity index (χ0v) is 30.5. The lowest BCUT2D eigenvalue weighted by molar-refractivity contribution is -0.176. The molecule has 1 heterocycles. The standard InChI is InChI=1S/C34H61NO11S/c1-7-9-11-13-15-17-19-21-23-35(24-22-20-18-16-14-12-10-8-2)47(40,41)34-33(45-29(6)39)32(44-28(5)38)31(46-34)30(43-27(4)37)25-42-26(3)36/h30-34H,7-25H2,1-6H3/t30-,31+,32+,33-,34+/m1/s1. The third-order valence-corrected chi connectivity index (χ3v) is 10.2. The third-order valence-electron chi connectivity index (χ3n) is 8.12. The molecule has 0 unspecified atom stereocenters. The molecule has 0 aromatic rings. The van der Waals surface area contributed by atoms with Crippen molar-refractivity contribution < 1.29 is 51.3 Å². The zero-order valence-electron chi connectivity index (χ0n) is 29.7. The molecule has 0 amide bonds. The Morgan fingerprint density at radius 3 is 1.45 bits per heavy atom. The van der Waals surface area contributed by atoms with Crippen LogP contribution in [0.4, 0.5) is 0 Å². The van der Waals surface area contributed by atoms with Gasteiger partial charge < -0.3 is 23.7 Å². The van der Waals surface area contributed by atoms with E-state index in [1.807, 2.05) is 0 Å². The average Bonchev–Trinajstić information content (AvgIpc) is 3.33. The van der Waals surface area contributed by atoms with Crippen molar-refractivity contribution in [3.8, 4) is 0 Å². The molecule has 0 spiro atoms. The first-order valence-corrected chi connectivity index (χ1v) is 19.1. The molecule has 1 aliphatic heterocycles. The number of rotatable bonds is 26.